The highest BCUT2D eigenvalue weighted by molar-refractivity contribution is 6.03. The molecule has 3 N–H and O–H groups in total. The van der Waals surface area contributed by atoms with Crippen molar-refractivity contribution >= 4 is 22.9 Å². The second-order valence-corrected chi connectivity index (χ2v) is 6.43. The lowest BCUT2D eigenvalue weighted by atomic mass is 9.76. The summed E-state index contributed by atoms with van der Waals surface area (Å²) in [6, 6.07) is 1.77. The Bertz CT molecular complexity index is 781. The summed E-state index contributed by atoms with van der Waals surface area (Å²) in [4.78, 5) is 35.7. The van der Waals surface area contributed by atoms with E-state index in [4.69, 9.17) is 4.74 Å². The van der Waals surface area contributed by atoms with Crippen LogP contribution in [0.15, 0.2) is 18.6 Å². The number of hydrogen-bond acceptors (Lipinski definition) is 6. The first-order chi connectivity index (χ1) is 11.7. The predicted molar refractivity (Wildman–Crippen MR) is 85.3 cm³/mol. The Labute approximate surface area is 138 Å². The smallest absolute Gasteiger partial charge is 0.312 e. The van der Waals surface area contributed by atoms with Crippen molar-refractivity contribution < 1.29 is 14.3 Å². The standard InChI is InChI=1S/C16H19N5O3/c22-14(12-11-1-4-18-13(11)21-9-20-12)19-8-10-7-16(15(23)24-10)2-5-17-6-3-16/h1,4,9-10,17H,2-3,5-8H2,(H,19,22)(H,18,20,21). The molecule has 24 heavy (non-hydrogen) atoms. The summed E-state index contributed by atoms with van der Waals surface area (Å²) in [5.74, 6) is -0.414. The number of esters is 1. The van der Waals surface area contributed by atoms with Crippen LogP contribution in [-0.4, -0.2) is 52.6 Å². The fraction of sp³-hybridized carbons (Fsp3) is 0.500. The molecule has 8 nitrogen and oxygen atoms in total. The summed E-state index contributed by atoms with van der Waals surface area (Å²) in [6.07, 6.45) is 5.06. The zero-order chi connectivity index (χ0) is 16.6. The van der Waals surface area contributed by atoms with E-state index in [2.05, 4.69) is 25.6 Å². The Kier molecular flexibility index (Phi) is 3.68. The molecule has 0 aliphatic carbocycles. The van der Waals surface area contributed by atoms with E-state index in [-0.39, 0.29) is 23.4 Å². The van der Waals surface area contributed by atoms with Crippen molar-refractivity contribution in [2.24, 2.45) is 5.41 Å². The van der Waals surface area contributed by atoms with Crippen LogP contribution in [0.5, 0.6) is 0 Å². The highest BCUT2D eigenvalue weighted by Gasteiger charge is 2.49. The minimum atomic E-state index is -0.372. The molecule has 4 rings (SSSR count). The summed E-state index contributed by atoms with van der Waals surface area (Å²) >= 11 is 0. The Morgan fingerprint density at radius 3 is 3.04 bits per heavy atom. The highest BCUT2D eigenvalue weighted by Crippen LogP contribution is 2.41. The van der Waals surface area contributed by atoms with Crippen molar-refractivity contribution in [1.82, 2.24) is 25.6 Å². The second-order valence-electron chi connectivity index (χ2n) is 6.43. The molecule has 8 heteroatoms. The van der Waals surface area contributed by atoms with Crippen LogP contribution in [0.25, 0.3) is 11.0 Å². The van der Waals surface area contributed by atoms with Crippen LogP contribution >= 0.6 is 0 Å². The van der Waals surface area contributed by atoms with Gasteiger partial charge in [-0.3, -0.25) is 9.59 Å². The lowest BCUT2D eigenvalue weighted by molar-refractivity contribution is -0.149. The summed E-state index contributed by atoms with van der Waals surface area (Å²) in [7, 11) is 0. The molecule has 2 aromatic rings. The van der Waals surface area contributed by atoms with Crippen LogP contribution in [0.1, 0.15) is 29.8 Å². The van der Waals surface area contributed by atoms with Crippen molar-refractivity contribution in [3.05, 3.63) is 24.3 Å². The average molecular weight is 329 g/mol. The van der Waals surface area contributed by atoms with Crippen LogP contribution in [-0.2, 0) is 9.53 Å². The minimum absolute atomic E-state index is 0.127. The van der Waals surface area contributed by atoms with E-state index in [1.54, 1.807) is 12.3 Å². The molecule has 2 aromatic heterocycles. The Hall–Kier alpha value is -2.48. The van der Waals surface area contributed by atoms with E-state index in [1.165, 1.54) is 6.33 Å². The van der Waals surface area contributed by atoms with Crippen LogP contribution in [0.3, 0.4) is 0 Å². The van der Waals surface area contributed by atoms with Crippen molar-refractivity contribution in [2.75, 3.05) is 19.6 Å². The lowest BCUT2D eigenvalue weighted by Gasteiger charge is -2.29. The Balaban J connectivity index is 1.41. The van der Waals surface area contributed by atoms with Crippen LogP contribution in [0, 0.1) is 5.41 Å². The van der Waals surface area contributed by atoms with E-state index in [9.17, 15) is 9.59 Å². The number of rotatable bonds is 3. The first kappa shape index (κ1) is 15.1. The summed E-state index contributed by atoms with van der Waals surface area (Å²) in [6.45, 7) is 1.97. The molecule has 0 aromatic carbocycles. The normalized spacial score (nSPS) is 22.7. The van der Waals surface area contributed by atoms with Gasteiger partial charge in [-0.2, -0.15) is 0 Å². The number of amides is 1. The van der Waals surface area contributed by atoms with E-state index >= 15 is 0 Å². The monoisotopic (exact) mass is 329 g/mol. The lowest BCUT2D eigenvalue weighted by Crippen LogP contribution is -2.39. The maximum atomic E-state index is 12.4. The van der Waals surface area contributed by atoms with Gasteiger partial charge in [-0.15, -0.1) is 0 Å². The molecule has 1 unspecified atom stereocenters. The number of aromatic nitrogens is 3. The number of ether oxygens (including phenoxy) is 1. The molecule has 0 bridgehead atoms. The molecule has 0 saturated carbocycles. The van der Waals surface area contributed by atoms with Crippen LogP contribution in [0.2, 0.25) is 0 Å². The molecule has 2 aliphatic heterocycles. The number of piperidine rings is 1. The van der Waals surface area contributed by atoms with Crippen molar-refractivity contribution in [2.45, 2.75) is 25.4 Å². The van der Waals surface area contributed by atoms with Gasteiger partial charge in [0.1, 0.15) is 23.8 Å². The maximum Gasteiger partial charge on any atom is 0.312 e. The van der Waals surface area contributed by atoms with Gasteiger partial charge >= 0.3 is 5.97 Å². The first-order valence-electron chi connectivity index (χ1n) is 8.16. The molecule has 1 amide bonds. The zero-order valence-electron chi connectivity index (χ0n) is 13.2. The van der Waals surface area contributed by atoms with Gasteiger partial charge in [-0.1, -0.05) is 0 Å². The van der Waals surface area contributed by atoms with Gasteiger partial charge in [0.25, 0.3) is 5.91 Å². The minimum Gasteiger partial charge on any atom is -0.460 e. The van der Waals surface area contributed by atoms with Gasteiger partial charge in [0.2, 0.25) is 0 Å². The van der Waals surface area contributed by atoms with Gasteiger partial charge in [-0.25, -0.2) is 9.97 Å². The Morgan fingerprint density at radius 1 is 1.38 bits per heavy atom. The van der Waals surface area contributed by atoms with Gasteiger partial charge in [-0.05, 0) is 32.0 Å². The predicted octanol–water partition coefficient (Wildman–Crippen LogP) is 0.373. The highest BCUT2D eigenvalue weighted by atomic mass is 16.6. The number of cyclic esters (lactones) is 1. The number of aromatic amines is 1. The Morgan fingerprint density at radius 2 is 2.21 bits per heavy atom. The topological polar surface area (TPSA) is 109 Å². The molecule has 1 atom stereocenters. The average Bonchev–Trinajstić information content (AvgIpc) is 3.19. The molecule has 2 aliphatic rings. The summed E-state index contributed by atoms with van der Waals surface area (Å²) in [5, 5.41) is 6.77. The number of nitrogens with zero attached hydrogens (tertiary/aromatic N) is 2. The van der Waals surface area contributed by atoms with Gasteiger partial charge in [0.05, 0.1) is 17.3 Å². The van der Waals surface area contributed by atoms with Crippen LogP contribution in [0.4, 0.5) is 0 Å². The number of fused-ring (bicyclic) bond motifs is 1. The molecular weight excluding hydrogens is 310 g/mol. The van der Waals surface area contributed by atoms with Gasteiger partial charge in [0.15, 0.2) is 0 Å². The third-order valence-electron chi connectivity index (χ3n) is 4.95. The van der Waals surface area contributed by atoms with E-state index in [1.807, 2.05) is 0 Å². The molecule has 2 fully saturated rings. The molecule has 0 radical (unpaired) electrons. The number of H-pyrrole nitrogens is 1. The maximum absolute atomic E-state index is 12.4. The summed E-state index contributed by atoms with van der Waals surface area (Å²) < 4.78 is 5.49. The quantitative estimate of drug-likeness (QED) is 0.702. The van der Waals surface area contributed by atoms with Crippen LogP contribution < -0.4 is 10.6 Å². The van der Waals surface area contributed by atoms with E-state index < -0.39 is 0 Å². The number of nitrogens with one attached hydrogen (secondary N) is 3. The molecular formula is C16H19N5O3. The largest absolute Gasteiger partial charge is 0.460 e. The van der Waals surface area contributed by atoms with E-state index in [0.29, 0.717) is 29.7 Å². The molecule has 4 heterocycles. The van der Waals surface area contributed by atoms with Crippen molar-refractivity contribution in [1.29, 1.82) is 0 Å². The molecule has 126 valence electrons. The third-order valence-corrected chi connectivity index (χ3v) is 4.95. The van der Waals surface area contributed by atoms with E-state index in [0.717, 1.165) is 25.9 Å². The molecule has 1 spiro atoms. The molecule has 2 saturated heterocycles. The SMILES string of the molecule is O=C(NCC1CC2(CCNCC2)C(=O)O1)c1ncnc2[nH]ccc12. The first-order valence-corrected chi connectivity index (χ1v) is 8.16. The third kappa shape index (κ3) is 2.52. The zero-order valence-corrected chi connectivity index (χ0v) is 13.2. The van der Waals surface area contributed by atoms with Crippen molar-refractivity contribution in [3.63, 3.8) is 0 Å². The number of carbonyl (C=O) groups excluding carboxylic acids is 2. The van der Waals surface area contributed by atoms with Gasteiger partial charge < -0.3 is 20.4 Å². The fourth-order valence-electron chi connectivity index (χ4n) is 3.61. The van der Waals surface area contributed by atoms with Crippen molar-refractivity contribution in [3.8, 4) is 0 Å². The number of carbonyl (C=O) groups is 2. The number of hydrogen-bond donors (Lipinski definition) is 3. The fourth-order valence-corrected chi connectivity index (χ4v) is 3.61. The second kappa shape index (κ2) is 5.86. The summed E-state index contributed by atoms with van der Waals surface area (Å²) in [5.41, 5.74) is 0.571. The van der Waals surface area contributed by atoms with Gasteiger partial charge in [0, 0.05) is 12.6 Å².